The van der Waals surface area contributed by atoms with Crippen LogP contribution in [0.25, 0.3) is 5.76 Å². The van der Waals surface area contributed by atoms with E-state index in [1.807, 2.05) is 25.1 Å². The zero-order valence-corrected chi connectivity index (χ0v) is 20.1. The summed E-state index contributed by atoms with van der Waals surface area (Å²) in [4.78, 5) is 27.9. The molecule has 1 aliphatic rings. The molecule has 1 unspecified atom stereocenters. The van der Waals surface area contributed by atoms with Crippen molar-refractivity contribution >= 4 is 46.3 Å². The highest BCUT2D eigenvalue weighted by Crippen LogP contribution is 2.44. The maximum Gasteiger partial charge on any atom is 0.300 e. The average Bonchev–Trinajstić information content (AvgIpc) is 3.08. The first-order valence-corrected chi connectivity index (χ1v) is 11.1. The van der Waals surface area contributed by atoms with Crippen LogP contribution in [-0.4, -0.2) is 31.0 Å². The van der Waals surface area contributed by atoms with Crippen molar-refractivity contribution in [1.82, 2.24) is 0 Å². The summed E-state index contributed by atoms with van der Waals surface area (Å²) < 4.78 is 10.6. The van der Waals surface area contributed by atoms with E-state index < -0.39 is 17.7 Å². The van der Waals surface area contributed by atoms with Gasteiger partial charge in [-0.25, -0.2) is 0 Å². The van der Waals surface area contributed by atoms with Gasteiger partial charge in [-0.05, 0) is 48.9 Å². The Hall–Kier alpha value is -3.48. The Bertz CT molecular complexity index is 1310. The standard InChI is InChI=1S/C26H21Cl2NO5/c1-14-5-4-6-15(9-14)23-22(24(30)16-7-8-20(33-2)21(10-16)34-3)25(31)26(32)29(23)19-12-17(27)11-18(28)13-19/h4-13,23,30H,1-3H3/b24-22+. The molecular formula is C26H21Cl2NO5. The number of nitrogens with zero attached hydrogens (tertiary/aromatic N) is 1. The molecule has 1 saturated heterocycles. The van der Waals surface area contributed by atoms with E-state index in [4.69, 9.17) is 32.7 Å². The van der Waals surface area contributed by atoms with E-state index in [1.54, 1.807) is 36.4 Å². The fourth-order valence-electron chi connectivity index (χ4n) is 4.07. The van der Waals surface area contributed by atoms with E-state index in [9.17, 15) is 14.7 Å². The van der Waals surface area contributed by atoms with Crippen LogP contribution < -0.4 is 14.4 Å². The molecule has 4 rings (SSSR count). The molecule has 1 heterocycles. The van der Waals surface area contributed by atoms with Crippen molar-refractivity contribution in [2.24, 2.45) is 0 Å². The number of rotatable bonds is 5. The second-order valence-electron chi connectivity index (χ2n) is 7.78. The lowest BCUT2D eigenvalue weighted by atomic mass is 9.94. The van der Waals surface area contributed by atoms with Gasteiger partial charge in [-0.2, -0.15) is 0 Å². The smallest absolute Gasteiger partial charge is 0.300 e. The van der Waals surface area contributed by atoms with Crippen LogP contribution in [0.1, 0.15) is 22.7 Å². The normalized spacial score (nSPS) is 17.2. The molecule has 1 aliphatic heterocycles. The lowest BCUT2D eigenvalue weighted by molar-refractivity contribution is -0.132. The molecule has 8 heteroatoms. The van der Waals surface area contributed by atoms with Gasteiger partial charge in [0.2, 0.25) is 0 Å². The summed E-state index contributed by atoms with van der Waals surface area (Å²) in [6, 6.07) is 15.9. The molecule has 0 aliphatic carbocycles. The maximum atomic E-state index is 13.3. The third-order valence-corrected chi connectivity index (χ3v) is 6.02. The second kappa shape index (κ2) is 9.41. The van der Waals surface area contributed by atoms with Gasteiger partial charge in [-0.1, -0.05) is 53.0 Å². The van der Waals surface area contributed by atoms with Gasteiger partial charge < -0.3 is 14.6 Å². The van der Waals surface area contributed by atoms with Gasteiger partial charge >= 0.3 is 0 Å². The van der Waals surface area contributed by atoms with Crippen LogP contribution in [0.3, 0.4) is 0 Å². The fourth-order valence-corrected chi connectivity index (χ4v) is 4.59. The zero-order chi connectivity index (χ0) is 24.6. The number of hydrogen-bond acceptors (Lipinski definition) is 5. The summed E-state index contributed by atoms with van der Waals surface area (Å²) in [5, 5.41) is 11.9. The molecule has 0 aromatic heterocycles. The quantitative estimate of drug-likeness (QED) is 0.268. The molecule has 1 fully saturated rings. The lowest BCUT2D eigenvalue weighted by Gasteiger charge is -2.26. The van der Waals surface area contributed by atoms with Crippen molar-refractivity contribution < 1.29 is 24.2 Å². The molecule has 34 heavy (non-hydrogen) atoms. The highest BCUT2D eigenvalue weighted by molar-refractivity contribution is 6.52. The predicted octanol–water partition coefficient (Wildman–Crippen LogP) is 5.95. The Morgan fingerprint density at radius 2 is 1.59 bits per heavy atom. The largest absolute Gasteiger partial charge is 0.507 e. The van der Waals surface area contributed by atoms with Crippen molar-refractivity contribution in [3.63, 3.8) is 0 Å². The Morgan fingerprint density at radius 3 is 2.21 bits per heavy atom. The topological polar surface area (TPSA) is 76.1 Å². The first-order chi connectivity index (χ1) is 16.2. The maximum absolute atomic E-state index is 13.3. The van der Waals surface area contributed by atoms with Gasteiger partial charge in [0.1, 0.15) is 5.76 Å². The highest BCUT2D eigenvalue weighted by atomic mass is 35.5. The van der Waals surface area contributed by atoms with Gasteiger partial charge in [0.25, 0.3) is 11.7 Å². The molecule has 0 spiro atoms. The summed E-state index contributed by atoms with van der Waals surface area (Å²) in [6.07, 6.45) is 0. The van der Waals surface area contributed by atoms with Crippen molar-refractivity contribution in [3.05, 3.63) is 93.0 Å². The van der Waals surface area contributed by atoms with Gasteiger partial charge in [0.05, 0.1) is 25.8 Å². The lowest BCUT2D eigenvalue weighted by Crippen LogP contribution is -2.29. The molecule has 3 aromatic carbocycles. The average molecular weight is 498 g/mol. The van der Waals surface area contributed by atoms with Crippen molar-refractivity contribution in [1.29, 1.82) is 0 Å². The van der Waals surface area contributed by atoms with Gasteiger partial charge in [0.15, 0.2) is 11.5 Å². The number of methoxy groups -OCH3 is 2. The number of aliphatic hydroxyl groups excluding tert-OH is 1. The summed E-state index contributed by atoms with van der Waals surface area (Å²) in [7, 11) is 2.97. The molecule has 1 atom stereocenters. The monoisotopic (exact) mass is 497 g/mol. The van der Waals surface area contributed by atoms with Crippen LogP contribution in [0.5, 0.6) is 11.5 Å². The van der Waals surface area contributed by atoms with E-state index >= 15 is 0 Å². The Kier molecular flexibility index (Phi) is 6.55. The van der Waals surface area contributed by atoms with E-state index in [0.717, 1.165) is 5.56 Å². The summed E-state index contributed by atoms with van der Waals surface area (Å²) >= 11 is 12.4. The van der Waals surface area contributed by atoms with Crippen LogP contribution in [0, 0.1) is 6.92 Å². The van der Waals surface area contributed by atoms with Crippen molar-refractivity contribution in [2.75, 3.05) is 19.1 Å². The SMILES string of the molecule is COc1ccc(/C(O)=C2\C(=O)C(=O)N(c3cc(Cl)cc(Cl)c3)C2c2cccc(C)c2)cc1OC. The summed E-state index contributed by atoms with van der Waals surface area (Å²) in [6.45, 7) is 1.90. The minimum atomic E-state index is -0.900. The van der Waals surface area contributed by atoms with E-state index in [2.05, 4.69) is 0 Å². The number of aliphatic hydroxyl groups is 1. The molecular weight excluding hydrogens is 477 g/mol. The molecule has 1 N–H and O–H groups in total. The molecule has 0 saturated carbocycles. The molecule has 0 bridgehead atoms. The third-order valence-electron chi connectivity index (χ3n) is 5.58. The first kappa shape index (κ1) is 23.7. The highest BCUT2D eigenvalue weighted by Gasteiger charge is 2.47. The van der Waals surface area contributed by atoms with E-state index in [0.29, 0.717) is 38.4 Å². The van der Waals surface area contributed by atoms with Crippen LogP contribution in [0.4, 0.5) is 5.69 Å². The van der Waals surface area contributed by atoms with Crippen LogP contribution >= 0.6 is 23.2 Å². The molecule has 6 nitrogen and oxygen atoms in total. The molecule has 1 amide bonds. The molecule has 3 aromatic rings. The fraction of sp³-hybridized carbons (Fsp3) is 0.154. The number of halogens is 2. The van der Waals surface area contributed by atoms with Crippen LogP contribution in [-0.2, 0) is 9.59 Å². The molecule has 0 radical (unpaired) electrons. The number of anilines is 1. The zero-order valence-electron chi connectivity index (χ0n) is 18.6. The third kappa shape index (κ3) is 4.22. The Morgan fingerprint density at radius 1 is 0.912 bits per heavy atom. The van der Waals surface area contributed by atoms with E-state index in [-0.39, 0.29) is 11.3 Å². The number of ketones is 1. The number of benzene rings is 3. The minimum Gasteiger partial charge on any atom is -0.507 e. The first-order valence-electron chi connectivity index (χ1n) is 10.3. The van der Waals surface area contributed by atoms with Crippen LogP contribution in [0.2, 0.25) is 10.0 Å². The Balaban J connectivity index is 1.97. The Labute approximate surface area is 206 Å². The number of amides is 1. The van der Waals surface area contributed by atoms with E-state index in [1.165, 1.54) is 25.2 Å². The number of carbonyl (C=O) groups is 2. The summed E-state index contributed by atoms with van der Waals surface area (Å²) in [5.41, 5.74) is 2.17. The summed E-state index contributed by atoms with van der Waals surface area (Å²) in [5.74, 6) is -1.12. The minimum absolute atomic E-state index is 0.0566. The number of carbonyl (C=O) groups excluding carboxylic acids is 2. The molecule has 174 valence electrons. The van der Waals surface area contributed by atoms with Crippen LogP contribution in [0.15, 0.2) is 66.2 Å². The number of ether oxygens (including phenoxy) is 2. The number of hydrogen-bond donors (Lipinski definition) is 1. The second-order valence-corrected chi connectivity index (χ2v) is 8.65. The van der Waals surface area contributed by atoms with Gasteiger partial charge in [-0.3, -0.25) is 14.5 Å². The van der Waals surface area contributed by atoms with Crippen molar-refractivity contribution in [2.45, 2.75) is 13.0 Å². The number of Topliss-reactive ketones (excluding diaryl/α,β-unsaturated/α-hetero) is 1. The predicted molar refractivity (Wildman–Crippen MR) is 132 cm³/mol. The van der Waals surface area contributed by atoms with Crippen molar-refractivity contribution in [3.8, 4) is 11.5 Å². The van der Waals surface area contributed by atoms with Gasteiger partial charge in [-0.15, -0.1) is 0 Å². The number of aryl methyl sites for hydroxylation is 1. The van der Waals surface area contributed by atoms with Gasteiger partial charge in [0, 0.05) is 21.3 Å².